The molecule has 0 aliphatic rings. The summed E-state index contributed by atoms with van der Waals surface area (Å²) in [4.78, 5) is 0. The smallest absolute Gasteiger partial charge is 0.103 e. The maximum absolute atomic E-state index is 6.11. The van der Waals surface area contributed by atoms with Crippen LogP contribution in [0, 0.1) is 0 Å². The number of furan rings is 1. The third kappa shape index (κ3) is 3.90. The van der Waals surface area contributed by atoms with Crippen molar-refractivity contribution in [3.63, 3.8) is 0 Å². The Labute approximate surface area is 113 Å². The van der Waals surface area contributed by atoms with Crippen molar-refractivity contribution in [1.82, 2.24) is 5.32 Å². The first-order chi connectivity index (χ1) is 8.75. The molecule has 0 aliphatic carbocycles. The lowest BCUT2D eigenvalue weighted by molar-refractivity contribution is 0.460. The molecule has 96 valence electrons. The SMILES string of the molecule is CC(CCc1ccco1)NCc1ccccc1Cl. The zero-order valence-electron chi connectivity index (χ0n) is 10.5. The fraction of sp³-hybridized carbons (Fsp3) is 0.333. The lowest BCUT2D eigenvalue weighted by Crippen LogP contribution is -2.26. The zero-order valence-corrected chi connectivity index (χ0v) is 11.3. The van der Waals surface area contributed by atoms with Crippen molar-refractivity contribution in [2.75, 3.05) is 0 Å². The maximum atomic E-state index is 6.11. The molecule has 0 saturated heterocycles. The predicted molar refractivity (Wildman–Crippen MR) is 74.8 cm³/mol. The van der Waals surface area contributed by atoms with E-state index >= 15 is 0 Å². The molecular formula is C15H18ClNO. The van der Waals surface area contributed by atoms with Gasteiger partial charge in [-0.25, -0.2) is 0 Å². The maximum Gasteiger partial charge on any atom is 0.103 e. The van der Waals surface area contributed by atoms with Gasteiger partial charge in [0.25, 0.3) is 0 Å². The van der Waals surface area contributed by atoms with Crippen LogP contribution in [0.4, 0.5) is 0 Å². The molecule has 1 heterocycles. The van der Waals surface area contributed by atoms with E-state index in [4.69, 9.17) is 16.0 Å². The van der Waals surface area contributed by atoms with Gasteiger partial charge in [0.05, 0.1) is 6.26 Å². The molecule has 0 aliphatic heterocycles. The summed E-state index contributed by atoms with van der Waals surface area (Å²) >= 11 is 6.11. The van der Waals surface area contributed by atoms with Crippen LogP contribution in [0.5, 0.6) is 0 Å². The van der Waals surface area contributed by atoms with Gasteiger partial charge in [-0.2, -0.15) is 0 Å². The van der Waals surface area contributed by atoms with Gasteiger partial charge >= 0.3 is 0 Å². The van der Waals surface area contributed by atoms with Crippen LogP contribution < -0.4 is 5.32 Å². The fourth-order valence-electron chi connectivity index (χ4n) is 1.84. The standard InChI is InChI=1S/C15H18ClNO/c1-12(8-9-14-6-4-10-18-14)17-11-13-5-2-3-7-15(13)16/h2-7,10,12,17H,8-9,11H2,1H3. The van der Waals surface area contributed by atoms with Gasteiger partial charge in [-0.05, 0) is 37.1 Å². The van der Waals surface area contributed by atoms with Gasteiger partial charge in [-0.3, -0.25) is 0 Å². The monoisotopic (exact) mass is 263 g/mol. The number of benzene rings is 1. The molecule has 0 saturated carbocycles. The summed E-state index contributed by atoms with van der Waals surface area (Å²) in [6.45, 7) is 2.98. The number of nitrogens with one attached hydrogen (secondary N) is 1. The van der Waals surface area contributed by atoms with Gasteiger partial charge in [0.2, 0.25) is 0 Å². The van der Waals surface area contributed by atoms with E-state index in [1.807, 2.05) is 30.3 Å². The second kappa shape index (κ2) is 6.62. The Kier molecular flexibility index (Phi) is 4.85. The van der Waals surface area contributed by atoms with E-state index < -0.39 is 0 Å². The summed E-state index contributed by atoms with van der Waals surface area (Å²) in [7, 11) is 0. The van der Waals surface area contributed by atoms with Crippen LogP contribution in [0.2, 0.25) is 5.02 Å². The molecule has 3 heteroatoms. The molecule has 1 N–H and O–H groups in total. The van der Waals surface area contributed by atoms with Crippen LogP contribution >= 0.6 is 11.6 Å². The summed E-state index contributed by atoms with van der Waals surface area (Å²) in [5, 5.41) is 4.30. The number of halogens is 1. The molecule has 0 radical (unpaired) electrons. The van der Waals surface area contributed by atoms with E-state index in [-0.39, 0.29) is 0 Å². The summed E-state index contributed by atoms with van der Waals surface area (Å²) < 4.78 is 5.32. The largest absolute Gasteiger partial charge is 0.469 e. The minimum absolute atomic E-state index is 0.436. The van der Waals surface area contributed by atoms with Crippen LogP contribution in [-0.2, 0) is 13.0 Å². The van der Waals surface area contributed by atoms with Gasteiger partial charge < -0.3 is 9.73 Å². The lowest BCUT2D eigenvalue weighted by Gasteiger charge is -2.13. The van der Waals surface area contributed by atoms with Crippen LogP contribution in [-0.4, -0.2) is 6.04 Å². The molecule has 2 nitrogen and oxygen atoms in total. The number of hydrogen-bond acceptors (Lipinski definition) is 2. The summed E-state index contributed by atoms with van der Waals surface area (Å²) in [6.07, 6.45) is 3.73. The summed E-state index contributed by atoms with van der Waals surface area (Å²) in [6, 6.07) is 12.3. The quantitative estimate of drug-likeness (QED) is 0.851. The topological polar surface area (TPSA) is 25.2 Å². The highest BCUT2D eigenvalue weighted by molar-refractivity contribution is 6.31. The van der Waals surface area contributed by atoms with Crippen molar-refractivity contribution in [2.45, 2.75) is 32.4 Å². The van der Waals surface area contributed by atoms with Crippen LogP contribution in [0.3, 0.4) is 0 Å². The summed E-state index contributed by atoms with van der Waals surface area (Å²) in [5.41, 5.74) is 1.14. The highest BCUT2D eigenvalue weighted by atomic mass is 35.5. The summed E-state index contributed by atoms with van der Waals surface area (Å²) in [5.74, 6) is 1.04. The molecule has 0 fully saturated rings. The minimum Gasteiger partial charge on any atom is -0.469 e. The van der Waals surface area contributed by atoms with Crippen molar-refractivity contribution < 1.29 is 4.42 Å². The first-order valence-corrected chi connectivity index (χ1v) is 6.62. The molecule has 1 aromatic heterocycles. The van der Waals surface area contributed by atoms with Crippen LogP contribution in [0.15, 0.2) is 47.1 Å². The molecule has 2 aromatic rings. The van der Waals surface area contributed by atoms with Crippen molar-refractivity contribution in [3.8, 4) is 0 Å². The van der Waals surface area contributed by atoms with E-state index in [1.54, 1.807) is 6.26 Å². The van der Waals surface area contributed by atoms with Crippen molar-refractivity contribution in [1.29, 1.82) is 0 Å². The Bertz CT molecular complexity index is 467. The number of aryl methyl sites for hydroxylation is 1. The average molecular weight is 264 g/mol. The highest BCUT2D eigenvalue weighted by Gasteiger charge is 2.05. The fourth-order valence-corrected chi connectivity index (χ4v) is 2.04. The molecule has 1 unspecified atom stereocenters. The van der Waals surface area contributed by atoms with E-state index in [0.717, 1.165) is 35.7 Å². The van der Waals surface area contributed by atoms with E-state index in [9.17, 15) is 0 Å². The normalized spacial score (nSPS) is 12.6. The Hall–Kier alpha value is -1.25. The first kappa shape index (κ1) is 13.2. The highest BCUT2D eigenvalue weighted by Crippen LogP contribution is 2.15. The first-order valence-electron chi connectivity index (χ1n) is 6.25. The molecule has 0 amide bonds. The second-order valence-electron chi connectivity index (χ2n) is 4.49. The van der Waals surface area contributed by atoms with Gasteiger partial charge in [0, 0.05) is 24.0 Å². The van der Waals surface area contributed by atoms with Crippen molar-refractivity contribution >= 4 is 11.6 Å². The van der Waals surface area contributed by atoms with E-state index in [0.29, 0.717) is 6.04 Å². The van der Waals surface area contributed by atoms with Gasteiger partial charge in [-0.15, -0.1) is 0 Å². The molecule has 2 rings (SSSR count). The molecule has 18 heavy (non-hydrogen) atoms. The Balaban J connectivity index is 1.75. The van der Waals surface area contributed by atoms with Crippen molar-refractivity contribution in [2.24, 2.45) is 0 Å². The molecule has 1 atom stereocenters. The van der Waals surface area contributed by atoms with Crippen LogP contribution in [0.1, 0.15) is 24.7 Å². The Morgan fingerprint density at radius 2 is 2.06 bits per heavy atom. The number of rotatable bonds is 6. The Morgan fingerprint density at radius 1 is 1.22 bits per heavy atom. The predicted octanol–water partition coefficient (Wildman–Crippen LogP) is 4.04. The Morgan fingerprint density at radius 3 is 2.78 bits per heavy atom. The third-order valence-corrected chi connectivity index (χ3v) is 3.37. The second-order valence-corrected chi connectivity index (χ2v) is 4.90. The number of hydrogen-bond donors (Lipinski definition) is 1. The average Bonchev–Trinajstić information content (AvgIpc) is 2.88. The van der Waals surface area contributed by atoms with Crippen LogP contribution in [0.25, 0.3) is 0 Å². The van der Waals surface area contributed by atoms with Gasteiger partial charge in [0.15, 0.2) is 0 Å². The van der Waals surface area contributed by atoms with Gasteiger partial charge in [-0.1, -0.05) is 29.8 Å². The van der Waals surface area contributed by atoms with Gasteiger partial charge in [0.1, 0.15) is 5.76 Å². The zero-order chi connectivity index (χ0) is 12.8. The molecular weight excluding hydrogens is 246 g/mol. The minimum atomic E-state index is 0.436. The molecule has 1 aromatic carbocycles. The lowest BCUT2D eigenvalue weighted by atomic mass is 10.1. The third-order valence-electron chi connectivity index (χ3n) is 3.00. The van der Waals surface area contributed by atoms with E-state index in [2.05, 4.69) is 18.3 Å². The molecule has 0 bridgehead atoms. The van der Waals surface area contributed by atoms with E-state index in [1.165, 1.54) is 0 Å². The molecule has 0 spiro atoms. The van der Waals surface area contributed by atoms with Crippen molar-refractivity contribution in [3.05, 3.63) is 59.0 Å².